The van der Waals surface area contributed by atoms with E-state index in [0.717, 1.165) is 6.07 Å². The lowest BCUT2D eigenvalue weighted by molar-refractivity contribution is -0.146. The third kappa shape index (κ3) is 6.21. The lowest BCUT2D eigenvalue weighted by Gasteiger charge is -2.35. The zero-order chi connectivity index (χ0) is 27.6. The van der Waals surface area contributed by atoms with Gasteiger partial charge in [-0.25, -0.2) is 4.98 Å². The molecule has 4 heterocycles. The largest absolute Gasteiger partial charge is 0.418 e. The number of hydrogen-bond acceptors (Lipinski definition) is 8. The van der Waals surface area contributed by atoms with E-state index in [1.807, 2.05) is 6.08 Å². The summed E-state index contributed by atoms with van der Waals surface area (Å²) in [5, 5.41) is 4.48. The molecule has 1 amide bonds. The Hall–Kier alpha value is -3.13. The lowest BCUT2D eigenvalue weighted by atomic mass is 9.91. The van der Waals surface area contributed by atoms with Gasteiger partial charge in [-0.3, -0.25) is 15.1 Å². The first-order valence-electron chi connectivity index (χ1n) is 12.4. The molecule has 2 saturated heterocycles. The second-order valence-corrected chi connectivity index (χ2v) is 10.2. The van der Waals surface area contributed by atoms with E-state index < -0.39 is 17.3 Å². The summed E-state index contributed by atoms with van der Waals surface area (Å²) in [6.07, 6.45) is -0.0404. The number of aromatic nitrogens is 1. The van der Waals surface area contributed by atoms with Gasteiger partial charge >= 0.3 is 6.18 Å². The molecule has 1 aromatic heterocycles. The first-order valence-corrected chi connectivity index (χ1v) is 13.1. The molecule has 2 fully saturated rings. The molecule has 3 aliphatic heterocycles. The molecule has 1 spiro atoms. The predicted octanol–water partition coefficient (Wildman–Crippen LogP) is 3.98. The van der Waals surface area contributed by atoms with E-state index in [1.54, 1.807) is 28.3 Å². The van der Waals surface area contributed by atoms with Crippen LogP contribution in [0.25, 0.3) is 0 Å². The van der Waals surface area contributed by atoms with E-state index in [0.29, 0.717) is 68.6 Å². The van der Waals surface area contributed by atoms with Crippen molar-refractivity contribution < 1.29 is 27.6 Å². The SMILES string of the molecule is O=C(C1=CC2(CCN(OC(=S)Nc3ccccc3C(F)(F)F)CC2)ON1)N1CCN(c2ncccc2Cl)CC1. The Morgan fingerprint density at radius 1 is 1.10 bits per heavy atom. The Balaban J connectivity index is 1.12. The second kappa shape index (κ2) is 11.2. The van der Waals surface area contributed by atoms with Crippen LogP contribution in [0.15, 0.2) is 54.4 Å². The fourth-order valence-electron chi connectivity index (χ4n) is 4.78. The topological polar surface area (TPSA) is 82.2 Å². The normalized spacial score (nSPS) is 19.4. The van der Waals surface area contributed by atoms with Gasteiger partial charge in [0, 0.05) is 45.5 Å². The third-order valence-corrected chi connectivity index (χ3v) is 7.33. The molecule has 9 nitrogen and oxygen atoms in total. The first kappa shape index (κ1) is 27.4. The van der Waals surface area contributed by atoms with E-state index in [-0.39, 0.29) is 16.8 Å². The van der Waals surface area contributed by atoms with Crippen molar-refractivity contribution in [1.29, 1.82) is 0 Å². The van der Waals surface area contributed by atoms with Gasteiger partial charge in [0.15, 0.2) is 0 Å². The highest BCUT2D eigenvalue weighted by Gasteiger charge is 2.42. The van der Waals surface area contributed by atoms with Crippen molar-refractivity contribution in [1.82, 2.24) is 20.4 Å². The molecule has 0 saturated carbocycles. The molecule has 5 rings (SSSR count). The summed E-state index contributed by atoms with van der Waals surface area (Å²) in [6, 6.07) is 8.62. The third-order valence-electron chi connectivity index (χ3n) is 6.86. The Morgan fingerprint density at radius 2 is 1.82 bits per heavy atom. The fraction of sp³-hybridized carbons (Fsp3) is 0.400. The van der Waals surface area contributed by atoms with E-state index in [9.17, 15) is 18.0 Å². The molecule has 2 aromatic rings. The molecule has 2 N–H and O–H groups in total. The quantitative estimate of drug-likeness (QED) is 0.520. The molecular weight excluding hydrogens is 557 g/mol. The molecule has 39 heavy (non-hydrogen) atoms. The van der Waals surface area contributed by atoms with Gasteiger partial charge in [0.25, 0.3) is 11.1 Å². The van der Waals surface area contributed by atoms with Crippen LogP contribution >= 0.6 is 23.8 Å². The lowest BCUT2D eigenvalue weighted by Crippen LogP contribution is -2.50. The van der Waals surface area contributed by atoms with Crippen LogP contribution in [0.1, 0.15) is 18.4 Å². The summed E-state index contributed by atoms with van der Waals surface area (Å²) in [4.78, 5) is 32.7. The van der Waals surface area contributed by atoms with Crippen LogP contribution in [0.5, 0.6) is 0 Å². The summed E-state index contributed by atoms with van der Waals surface area (Å²) >= 11 is 11.4. The van der Waals surface area contributed by atoms with Gasteiger partial charge in [-0.15, -0.1) is 5.06 Å². The van der Waals surface area contributed by atoms with Crippen molar-refractivity contribution in [3.05, 3.63) is 65.0 Å². The van der Waals surface area contributed by atoms with E-state index in [4.69, 9.17) is 33.5 Å². The van der Waals surface area contributed by atoms with Gasteiger partial charge < -0.3 is 20.0 Å². The van der Waals surface area contributed by atoms with Crippen molar-refractivity contribution in [3.63, 3.8) is 0 Å². The van der Waals surface area contributed by atoms with Gasteiger partial charge in [0.05, 0.1) is 16.3 Å². The zero-order valence-electron chi connectivity index (χ0n) is 20.7. The van der Waals surface area contributed by atoms with E-state index >= 15 is 0 Å². The van der Waals surface area contributed by atoms with Crippen molar-refractivity contribution in [3.8, 4) is 0 Å². The average Bonchev–Trinajstić information content (AvgIpc) is 3.33. The predicted molar refractivity (Wildman–Crippen MR) is 143 cm³/mol. The number of carbonyl (C=O) groups excluding carboxylic acids is 1. The number of halogens is 4. The summed E-state index contributed by atoms with van der Waals surface area (Å²) < 4.78 is 39.7. The fourth-order valence-corrected chi connectivity index (χ4v) is 5.23. The summed E-state index contributed by atoms with van der Waals surface area (Å²) in [5.74, 6) is 0.561. The molecule has 0 bridgehead atoms. The number of para-hydroxylation sites is 1. The smallest absolute Gasteiger partial charge is 0.375 e. The van der Waals surface area contributed by atoms with Gasteiger partial charge in [-0.1, -0.05) is 23.7 Å². The van der Waals surface area contributed by atoms with Crippen LogP contribution in [0.2, 0.25) is 5.02 Å². The number of piperidine rings is 1. The standard InChI is InChI=1S/C25H26ClF3N6O3S/c26-18-5-3-9-30-21(18)33-12-14-34(15-13-33)22(36)20-16-24(38-32-20)7-10-35(11-8-24)37-23(39)31-19-6-2-1-4-17(19)25(27,28)29/h1-6,9,16,32H,7-8,10-15H2,(H,31,39). The molecule has 1 aromatic carbocycles. The molecule has 0 aliphatic carbocycles. The minimum atomic E-state index is -4.52. The number of alkyl halides is 3. The highest BCUT2D eigenvalue weighted by Crippen LogP contribution is 2.35. The molecule has 3 aliphatic rings. The molecule has 0 atom stereocenters. The number of piperazine rings is 1. The maximum absolute atomic E-state index is 13.2. The first-order chi connectivity index (χ1) is 18.6. The van der Waals surface area contributed by atoms with Crippen LogP contribution in [-0.4, -0.2) is 70.9 Å². The van der Waals surface area contributed by atoms with Gasteiger partial charge in [0.2, 0.25) is 0 Å². The number of benzene rings is 1. The van der Waals surface area contributed by atoms with Gasteiger partial charge in [-0.05, 0) is 55.4 Å². The number of rotatable bonds is 4. The van der Waals surface area contributed by atoms with Gasteiger partial charge in [0.1, 0.15) is 17.1 Å². The molecule has 0 unspecified atom stereocenters. The second-order valence-electron chi connectivity index (χ2n) is 9.39. The zero-order valence-corrected chi connectivity index (χ0v) is 22.3. The highest BCUT2D eigenvalue weighted by atomic mass is 35.5. The number of hydrogen-bond donors (Lipinski definition) is 2. The van der Waals surface area contributed by atoms with E-state index in [2.05, 4.69) is 20.7 Å². The minimum Gasteiger partial charge on any atom is -0.375 e. The van der Waals surface area contributed by atoms with Crippen LogP contribution < -0.4 is 15.7 Å². The number of hydroxylamine groups is 3. The summed E-state index contributed by atoms with van der Waals surface area (Å²) in [5.41, 5.74) is 1.48. The van der Waals surface area contributed by atoms with Crippen molar-refractivity contribution >= 4 is 46.4 Å². The number of amides is 1. The average molecular weight is 583 g/mol. The van der Waals surface area contributed by atoms with E-state index in [1.165, 1.54) is 18.2 Å². The van der Waals surface area contributed by atoms with Gasteiger partial charge in [-0.2, -0.15) is 13.2 Å². The number of nitrogens with zero attached hydrogens (tertiary/aromatic N) is 4. The summed E-state index contributed by atoms with van der Waals surface area (Å²) in [6.45, 7) is 3.03. The molecule has 208 valence electrons. The van der Waals surface area contributed by atoms with Crippen molar-refractivity contribution in [2.75, 3.05) is 49.5 Å². The summed E-state index contributed by atoms with van der Waals surface area (Å²) in [7, 11) is 0. The maximum Gasteiger partial charge on any atom is 0.418 e. The van der Waals surface area contributed by atoms with Crippen molar-refractivity contribution in [2.24, 2.45) is 0 Å². The molecule has 0 radical (unpaired) electrons. The Bertz CT molecular complexity index is 1260. The number of thiocarbonyl (C=S) groups is 1. The van der Waals surface area contributed by atoms with Crippen LogP contribution in [0, 0.1) is 0 Å². The number of carbonyl (C=O) groups is 1. The Labute approximate surface area is 233 Å². The highest BCUT2D eigenvalue weighted by molar-refractivity contribution is 7.80. The monoisotopic (exact) mass is 582 g/mol. The maximum atomic E-state index is 13.2. The van der Waals surface area contributed by atoms with Crippen LogP contribution in [-0.2, 0) is 20.6 Å². The van der Waals surface area contributed by atoms with Crippen molar-refractivity contribution in [2.45, 2.75) is 24.6 Å². The number of nitrogens with one attached hydrogen (secondary N) is 2. The minimum absolute atomic E-state index is 0.147. The Kier molecular flexibility index (Phi) is 7.85. The van der Waals surface area contributed by atoms with Crippen LogP contribution in [0.4, 0.5) is 24.7 Å². The Morgan fingerprint density at radius 3 is 2.51 bits per heavy atom. The number of anilines is 2. The molecule has 14 heteroatoms. The molecular formula is C25H26ClF3N6O3S. The number of pyridine rings is 1. The van der Waals surface area contributed by atoms with Crippen LogP contribution in [0.3, 0.4) is 0 Å².